The van der Waals surface area contributed by atoms with Crippen LogP contribution in [0.1, 0.15) is 27.2 Å². The molecule has 0 aromatic heterocycles. The maximum absolute atomic E-state index is 12.1. The molecule has 0 rings (SSSR count). The molecule has 0 heterocycles. The monoisotopic (exact) mass is 133 g/mol. The van der Waals surface area contributed by atoms with Gasteiger partial charge >= 0.3 is 0 Å². The van der Waals surface area contributed by atoms with Gasteiger partial charge in [0, 0.05) is 6.04 Å². The highest BCUT2D eigenvalue weighted by Gasteiger charge is 1.96. The Morgan fingerprint density at radius 2 is 1.89 bits per heavy atom. The van der Waals surface area contributed by atoms with E-state index in [4.69, 9.17) is 0 Å². The van der Waals surface area contributed by atoms with E-state index in [2.05, 4.69) is 19.2 Å². The molecule has 9 heavy (non-hydrogen) atoms. The van der Waals surface area contributed by atoms with Crippen LogP contribution >= 0.6 is 0 Å². The van der Waals surface area contributed by atoms with Gasteiger partial charge in [-0.1, -0.05) is 13.8 Å². The molecule has 0 fully saturated rings. The number of hydrogen-bond donors (Lipinski definition) is 1. The lowest BCUT2D eigenvalue weighted by atomic mass is 10.3. The van der Waals surface area contributed by atoms with Gasteiger partial charge in [-0.25, -0.2) is 4.39 Å². The molecule has 0 spiro atoms. The fourth-order valence-electron chi connectivity index (χ4n) is 0.571. The zero-order valence-corrected chi connectivity index (χ0v) is 6.45. The molecule has 1 N–H and O–H groups in total. The van der Waals surface area contributed by atoms with Crippen molar-refractivity contribution in [3.63, 3.8) is 0 Å². The predicted octanol–water partition coefficient (Wildman–Crippen LogP) is 1.73. The van der Waals surface area contributed by atoms with Crippen LogP contribution < -0.4 is 5.32 Å². The summed E-state index contributed by atoms with van der Waals surface area (Å²) < 4.78 is 12.1. The summed E-state index contributed by atoms with van der Waals surface area (Å²) in [7, 11) is 0. The van der Waals surface area contributed by atoms with Crippen LogP contribution in [0, 0.1) is 0 Å². The van der Waals surface area contributed by atoms with Gasteiger partial charge in [-0.3, -0.25) is 0 Å². The second-order valence-electron chi connectivity index (χ2n) is 2.68. The van der Waals surface area contributed by atoms with E-state index in [1.54, 1.807) is 6.92 Å². The molecular weight excluding hydrogens is 117 g/mol. The molecule has 1 unspecified atom stereocenters. The molecule has 0 aromatic rings. The van der Waals surface area contributed by atoms with Crippen LogP contribution in [0.15, 0.2) is 0 Å². The van der Waals surface area contributed by atoms with Gasteiger partial charge in [0.15, 0.2) is 0 Å². The van der Waals surface area contributed by atoms with Crippen molar-refractivity contribution in [3.05, 3.63) is 0 Å². The molecule has 2 heteroatoms. The first kappa shape index (κ1) is 8.89. The van der Waals surface area contributed by atoms with E-state index in [-0.39, 0.29) is 0 Å². The Labute approximate surface area is 56.6 Å². The molecule has 0 aliphatic rings. The van der Waals surface area contributed by atoms with Gasteiger partial charge in [-0.05, 0) is 19.9 Å². The van der Waals surface area contributed by atoms with Gasteiger partial charge in [-0.2, -0.15) is 0 Å². The second-order valence-corrected chi connectivity index (χ2v) is 2.68. The molecule has 0 aliphatic heterocycles. The first-order chi connectivity index (χ1) is 4.13. The van der Waals surface area contributed by atoms with Crippen molar-refractivity contribution in [2.75, 3.05) is 6.54 Å². The zero-order chi connectivity index (χ0) is 7.28. The molecule has 1 nitrogen and oxygen atoms in total. The number of alkyl halides is 1. The highest BCUT2D eigenvalue weighted by molar-refractivity contribution is 4.55. The lowest BCUT2D eigenvalue weighted by molar-refractivity contribution is 0.332. The minimum atomic E-state index is -0.670. The molecule has 0 bridgehead atoms. The Balaban J connectivity index is 2.91. The zero-order valence-electron chi connectivity index (χ0n) is 6.45. The van der Waals surface area contributed by atoms with Gasteiger partial charge in [0.2, 0.25) is 0 Å². The van der Waals surface area contributed by atoms with E-state index in [0.717, 1.165) is 6.54 Å². The lowest BCUT2D eigenvalue weighted by Crippen LogP contribution is -2.25. The average Bonchev–Trinajstić information content (AvgIpc) is 1.63. The Morgan fingerprint density at radius 3 is 2.22 bits per heavy atom. The Morgan fingerprint density at radius 1 is 1.33 bits per heavy atom. The van der Waals surface area contributed by atoms with Crippen molar-refractivity contribution in [1.29, 1.82) is 0 Å². The minimum Gasteiger partial charge on any atom is -0.314 e. The van der Waals surface area contributed by atoms with Gasteiger partial charge in [-0.15, -0.1) is 0 Å². The molecule has 0 saturated carbocycles. The fourth-order valence-corrected chi connectivity index (χ4v) is 0.571. The summed E-state index contributed by atoms with van der Waals surface area (Å²) in [5.41, 5.74) is 0. The van der Waals surface area contributed by atoms with Crippen LogP contribution in [-0.4, -0.2) is 18.8 Å². The number of halogens is 1. The molecule has 56 valence electrons. The average molecular weight is 133 g/mol. The molecule has 0 aromatic carbocycles. The second kappa shape index (κ2) is 4.74. The Bertz CT molecular complexity index is 53.9. The maximum Gasteiger partial charge on any atom is 0.0985 e. The van der Waals surface area contributed by atoms with E-state index in [1.165, 1.54) is 0 Å². The predicted molar refractivity (Wildman–Crippen MR) is 38.3 cm³/mol. The van der Waals surface area contributed by atoms with Gasteiger partial charge < -0.3 is 5.32 Å². The molecule has 0 aliphatic carbocycles. The number of rotatable bonds is 4. The lowest BCUT2D eigenvalue weighted by Gasteiger charge is -2.07. The third-order valence-electron chi connectivity index (χ3n) is 1.09. The molecule has 0 radical (unpaired) electrons. The van der Waals surface area contributed by atoms with E-state index in [0.29, 0.717) is 12.5 Å². The maximum atomic E-state index is 12.1. The van der Waals surface area contributed by atoms with E-state index in [1.807, 2.05) is 0 Å². The highest BCUT2D eigenvalue weighted by Crippen LogP contribution is 1.93. The quantitative estimate of drug-likeness (QED) is 0.616. The number of nitrogens with one attached hydrogen (secondary N) is 1. The summed E-state index contributed by atoms with van der Waals surface area (Å²) in [6.45, 7) is 6.49. The van der Waals surface area contributed by atoms with Crippen LogP contribution in [0.25, 0.3) is 0 Å². The third-order valence-corrected chi connectivity index (χ3v) is 1.09. The van der Waals surface area contributed by atoms with Gasteiger partial charge in [0.05, 0.1) is 6.17 Å². The van der Waals surface area contributed by atoms with Crippen LogP contribution in [0.5, 0.6) is 0 Å². The normalized spacial score (nSPS) is 14.3. The van der Waals surface area contributed by atoms with Crippen LogP contribution in [0.4, 0.5) is 4.39 Å². The standard InChI is InChI=1S/C7H16FN/c1-6(2)9-5-4-7(3)8/h6-7,9H,4-5H2,1-3H3. The smallest absolute Gasteiger partial charge is 0.0985 e. The molecule has 0 saturated heterocycles. The summed E-state index contributed by atoms with van der Waals surface area (Å²) in [5, 5.41) is 3.14. The van der Waals surface area contributed by atoms with Crippen LogP contribution in [0.2, 0.25) is 0 Å². The van der Waals surface area contributed by atoms with Crippen LogP contribution in [0.3, 0.4) is 0 Å². The SMILES string of the molecule is CC(F)CCNC(C)C. The fraction of sp³-hybridized carbons (Fsp3) is 1.00. The van der Waals surface area contributed by atoms with Gasteiger partial charge in [0.1, 0.15) is 0 Å². The summed E-state index contributed by atoms with van der Waals surface area (Å²) in [5.74, 6) is 0. The largest absolute Gasteiger partial charge is 0.314 e. The van der Waals surface area contributed by atoms with Crippen molar-refractivity contribution in [2.45, 2.75) is 39.4 Å². The topological polar surface area (TPSA) is 12.0 Å². The van der Waals surface area contributed by atoms with E-state index < -0.39 is 6.17 Å². The van der Waals surface area contributed by atoms with Crippen molar-refractivity contribution >= 4 is 0 Å². The van der Waals surface area contributed by atoms with Crippen molar-refractivity contribution in [1.82, 2.24) is 5.32 Å². The van der Waals surface area contributed by atoms with Crippen molar-refractivity contribution in [3.8, 4) is 0 Å². The molecular formula is C7H16FN. The van der Waals surface area contributed by atoms with Crippen molar-refractivity contribution in [2.24, 2.45) is 0 Å². The summed E-state index contributed by atoms with van der Waals surface area (Å²) >= 11 is 0. The third kappa shape index (κ3) is 7.89. The minimum absolute atomic E-state index is 0.476. The first-order valence-corrected chi connectivity index (χ1v) is 3.50. The summed E-state index contributed by atoms with van der Waals surface area (Å²) in [6, 6.07) is 0.476. The Kier molecular flexibility index (Phi) is 4.68. The van der Waals surface area contributed by atoms with Crippen LogP contribution in [-0.2, 0) is 0 Å². The van der Waals surface area contributed by atoms with E-state index >= 15 is 0 Å². The summed E-state index contributed by atoms with van der Waals surface area (Å²) in [4.78, 5) is 0. The molecule has 0 amide bonds. The van der Waals surface area contributed by atoms with Gasteiger partial charge in [0.25, 0.3) is 0 Å². The van der Waals surface area contributed by atoms with Crippen molar-refractivity contribution < 1.29 is 4.39 Å². The highest BCUT2D eigenvalue weighted by atomic mass is 19.1. The summed E-state index contributed by atoms with van der Waals surface area (Å²) in [6.07, 6.45) is -0.0469. The van der Waals surface area contributed by atoms with E-state index in [9.17, 15) is 4.39 Å². The Hall–Kier alpha value is -0.110. The number of hydrogen-bond acceptors (Lipinski definition) is 1. The molecule has 1 atom stereocenters. The first-order valence-electron chi connectivity index (χ1n) is 3.50.